The van der Waals surface area contributed by atoms with Gasteiger partial charge in [-0.1, -0.05) is 0 Å². The van der Waals surface area contributed by atoms with Crippen LogP contribution in [0.1, 0.15) is 19.8 Å². The monoisotopic (exact) mass is 283 g/mol. The van der Waals surface area contributed by atoms with Gasteiger partial charge in [-0.3, -0.25) is 4.99 Å². The second-order valence-electron chi connectivity index (χ2n) is 2.93. The molecule has 0 unspecified atom stereocenters. The van der Waals surface area contributed by atoms with Crippen LogP contribution in [0.5, 0.6) is 0 Å². The number of aliphatic imine (C=N–C) groups is 1. The van der Waals surface area contributed by atoms with Crippen LogP contribution in [-0.2, 0) is 0 Å². The van der Waals surface area contributed by atoms with E-state index in [9.17, 15) is 0 Å². The van der Waals surface area contributed by atoms with E-state index in [1.807, 2.05) is 0 Å². The second-order valence-corrected chi connectivity index (χ2v) is 2.93. The highest BCUT2D eigenvalue weighted by molar-refractivity contribution is 14.0. The molecule has 0 spiro atoms. The number of guanidine groups is 1. The predicted octanol–water partition coefficient (Wildman–Crippen LogP) is 1.20. The van der Waals surface area contributed by atoms with E-state index in [-0.39, 0.29) is 24.0 Å². The van der Waals surface area contributed by atoms with Crippen LogP contribution in [0.2, 0.25) is 0 Å². The van der Waals surface area contributed by atoms with Gasteiger partial charge in [0.25, 0.3) is 0 Å². The third kappa shape index (κ3) is 4.79. The van der Waals surface area contributed by atoms with E-state index in [1.54, 1.807) is 7.05 Å². The van der Waals surface area contributed by atoms with Crippen LogP contribution >= 0.6 is 24.0 Å². The minimum absolute atomic E-state index is 0. The van der Waals surface area contributed by atoms with Crippen LogP contribution < -0.4 is 10.6 Å². The molecule has 0 atom stereocenters. The Kier molecular flexibility index (Phi) is 6.51. The Morgan fingerprint density at radius 1 is 1.42 bits per heavy atom. The number of hydrogen-bond acceptors (Lipinski definition) is 1. The highest BCUT2D eigenvalue weighted by Gasteiger charge is 2.20. The summed E-state index contributed by atoms with van der Waals surface area (Å²) < 4.78 is 0. The number of halogens is 1. The molecule has 0 aromatic heterocycles. The molecule has 1 saturated carbocycles. The number of nitrogens with one attached hydrogen (secondary N) is 2. The van der Waals surface area contributed by atoms with Crippen molar-refractivity contribution in [3.05, 3.63) is 0 Å². The summed E-state index contributed by atoms with van der Waals surface area (Å²) in [6, 6.07) is 0. The van der Waals surface area contributed by atoms with E-state index in [1.165, 1.54) is 12.8 Å². The molecule has 1 fully saturated rings. The lowest BCUT2D eigenvalue weighted by Crippen LogP contribution is -2.38. The van der Waals surface area contributed by atoms with Gasteiger partial charge in [0, 0.05) is 20.1 Å². The zero-order valence-electron chi connectivity index (χ0n) is 7.76. The van der Waals surface area contributed by atoms with Crippen LogP contribution in [0.4, 0.5) is 0 Å². The van der Waals surface area contributed by atoms with Crippen LogP contribution in [-0.4, -0.2) is 26.1 Å². The van der Waals surface area contributed by atoms with Gasteiger partial charge in [-0.15, -0.1) is 24.0 Å². The lowest BCUT2D eigenvalue weighted by Gasteiger charge is -2.08. The Bertz CT molecular complexity index is 143. The minimum Gasteiger partial charge on any atom is -0.357 e. The zero-order chi connectivity index (χ0) is 8.10. The maximum atomic E-state index is 4.07. The minimum atomic E-state index is 0. The Morgan fingerprint density at radius 3 is 2.50 bits per heavy atom. The molecule has 0 aromatic carbocycles. The fourth-order valence-corrected chi connectivity index (χ4v) is 0.951. The van der Waals surface area contributed by atoms with Gasteiger partial charge in [0.15, 0.2) is 5.96 Å². The van der Waals surface area contributed by atoms with Crippen molar-refractivity contribution in [3.8, 4) is 0 Å². The van der Waals surface area contributed by atoms with Gasteiger partial charge in [-0.25, -0.2) is 0 Å². The summed E-state index contributed by atoms with van der Waals surface area (Å²) in [5, 5.41) is 6.43. The zero-order valence-corrected chi connectivity index (χ0v) is 10.1. The van der Waals surface area contributed by atoms with Gasteiger partial charge < -0.3 is 10.6 Å². The van der Waals surface area contributed by atoms with Crippen molar-refractivity contribution >= 4 is 29.9 Å². The molecule has 0 aliphatic heterocycles. The first-order valence-electron chi connectivity index (χ1n) is 4.31. The maximum Gasteiger partial charge on any atom is 0.190 e. The van der Waals surface area contributed by atoms with E-state index >= 15 is 0 Å². The molecule has 4 heteroatoms. The topological polar surface area (TPSA) is 36.4 Å². The second kappa shape index (κ2) is 6.51. The molecule has 0 heterocycles. The van der Waals surface area contributed by atoms with E-state index in [0.29, 0.717) is 0 Å². The summed E-state index contributed by atoms with van der Waals surface area (Å²) in [5.41, 5.74) is 0. The van der Waals surface area contributed by atoms with Crippen LogP contribution in [0.25, 0.3) is 0 Å². The third-order valence-corrected chi connectivity index (χ3v) is 1.82. The van der Waals surface area contributed by atoms with Gasteiger partial charge in [0.05, 0.1) is 0 Å². The normalized spacial score (nSPS) is 16.7. The summed E-state index contributed by atoms with van der Waals surface area (Å²) in [6.07, 6.45) is 2.77. The van der Waals surface area contributed by atoms with E-state index < -0.39 is 0 Å². The van der Waals surface area contributed by atoms with Crippen LogP contribution in [0.3, 0.4) is 0 Å². The molecular weight excluding hydrogens is 265 g/mol. The fourth-order valence-electron chi connectivity index (χ4n) is 0.951. The molecular formula is C8H18IN3. The van der Waals surface area contributed by atoms with Crippen molar-refractivity contribution in [1.29, 1.82) is 0 Å². The summed E-state index contributed by atoms with van der Waals surface area (Å²) in [7, 11) is 1.80. The van der Waals surface area contributed by atoms with Crippen molar-refractivity contribution < 1.29 is 0 Å². The molecule has 3 nitrogen and oxygen atoms in total. The van der Waals surface area contributed by atoms with Crippen molar-refractivity contribution in [1.82, 2.24) is 10.6 Å². The fraction of sp³-hybridized carbons (Fsp3) is 0.875. The first kappa shape index (κ1) is 12.0. The lowest BCUT2D eigenvalue weighted by atomic mass is 10.4. The largest absolute Gasteiger partial charge is 0.357 e. The summed E-state index contributed by atoms with van der Waals surface area (Å²) in [4.78, 5) is 4.07. The van der Waals surface area contributed by atoms with Crippen molar-refractivity contribution in [2.24, 2.45) is 10.9 Å². The Labute approximate surface area is 91.4 Å². The molecule has 0 amide bonds. The first-order valence-corrected chi connectivity index (χ1v) is 4.31. The van der Waals surface area contributed by atoms with Crippen LogP contribution in [0, 0.1) is 5.92 Å². The molecule has 1 aliphatic carbocycles. The highest BCUT2D eigenvalue weighted by atomic mass is 127. The molecule has 1 rings (SSSR count). The molecule has 0 aromatic rings. The van der Waals surface area contributed by atoms with Crippen LogP contribution in [0.15, 0.2) is 4.99 Å². The number of nitrogens with zero attached hydrogens (tertiary/aromatic N) is 1. The molecule has 0 bridgehead atoms. The van der Waals surface area contributed by atoms with Gasteiger partial charge in [0.1, 0.15) is 0 Å². The smallest absolute Gasteiger partial charge is 0.190 e. The molecule has 72 valence electrons. The molecule has 2 N–H and O–H groups in total. The third-order valence-electron chi connectivity index (χ3n) is 1.82. The summed E-state index contributed by atoms with van der Waals surface area (Å²) in [6.45, 7) is 4.09. The average molecular weight is 283 g/mol. The first-order chi connectivity index (χ1) is 5.36. The standard InChI is InChI=1S/C8H17N3.HI/c1-3-10-8(9-2)11-6-7-4-5-7;/h7H,3-6H2,1-2H3,(H2,9,10,11);1H. The summed E-state index contributed by atoms with van der Waals surface area (Å²) >= 11 is 0. The molecule has 1 aliphatic rings. The van der Waals surface area contributed by atoms with Gasteiger partial charge in [-0.2, -0.15) is 0 Å². The van der Waals surface area contributed by atoms with Gasteiger partial charge in [-0.05, 0) is 25.7 Å². The molecule has 0 radical (unpaired) electrons. The molecule has 0 saturated heterocycles. The van der Waals surface area contributed by atoms with E-state index in [2.05, 4.69) is 22.5 Å². The SMILES string of the molecule is CCNC(=NC)NCC1CC1.I. The molecule has 12 heavy (non-hydrogen) atoms. The quantitative estimate of drug-likeness (QED) is 0.464. The van der Waals surface area contributed by atoms with Crippen molar-refractivity contribution in [2.45, 2.75) is 19.8 Å². The lowest BCUT2D eigenvalue weighted by molar-refractivity contribution is 0.744. The van der Waals surface area contributed by atoms with Gasteiger partial charge in [0.2, 0.25) is 0 Å². The van der Waals surface area contributed by atoms with Gasteiger partial charge >= 0.3 is 0 Å². The van der Waals surface area contributed by atoms with Crippen molar-refractivity contribution in [3.63, 3.8) is 0 Å². The Balaban J connectivity index is 0.00000121. The van der Waals surface area contributed by atoms with Crippen molar-refractivity contribution in [2.75, 3.05) is 20.1 Å². The maximum absolute atomic E-state index is 4.07. The average Bonchev–Trinajstić information content (AvgIpc) is 2.81. The highest BCUT2D eigenvalue weighted by Crippen LogP contribution is 2.27. The Morgan fingerprint density at radius 2 is 2.08 bits per heavy atom. The summed E-state index contributed by atoms with van der Waals surface area (Å²) in [5.74, 6) is 1.84. The van der Waals surface area contributed by atoms with E-state index in [0.717, 1.165) is 25.0 Å². The number of rotatable bonds is 3. The Hall–Kier alpha value is 0. The number of hydrogen-bond donors (Lipinski definition) is 2. The predicted molar refractivity (Wildman–Crippen MR) is 63.2 cm³/mol. The van der Waals surface area contributed by atoms with E-state index in [4.69, 9.17) is 0 Å².